The van der Waals surface area contributed by atoms with Gasteiger partial charge in [0.05, 0.1) is 6.10 Å². The van der Waals surface area contributed by atoms with E-state index in [1.54, 1.807) is 24.3 Å². The third-order valence-electron chi connectivity index (χ3n) is 5.30. The molecule has 6 nitrogen and oxygen atoms in total. The Labute approximate surface area is 185 Å². The van der Waals surface area contributed by atoms with Crippen molar-refractivity contribution in [1.82, 2.24) is 5.32 Å². The van der Waals surface area contributed by atoms with Crippen LogP contribution in [-0.2, 0) is 11.2 Å². The van der Waals surface area contributed by atoms with Crippen LogP contribution < -0.4 is 5.32 Å². The van der Waals surface area contributed by atoms with Crippen molar-refractivity contribution in [3.63, 3.8) is 0 Å². The molecule has 0 saturated carbocycles. The molecule has 0 saturated heterocycles. The molecule has 0 aliphatic rings. The minimum Gasteiger partial charge on any atom is -0.508 e. The summed E-state index contributed by atoms with van der Waals surface area (Å²) in [5, 5.41) is 42.0. The van der Waals surface area contributed by atoms with E-state index in [1.165, 1.54) is 6.07 Å². The number of aryl methyl sites for hydroxylation is 2. The molecule has 0 heterocycles. The highest BCUT2D eigenvalue weighted by Gasteiger charge is 2.08. The van der Waals surface area contributed by atoms with Crippen molar-refractivity contribution in [3.05, 3.63) is 53.1 Å². The van der Waals surface area contributed by atoms with Crippen LogP contribution in [0.2, 0.25) is 0 Å². The molecule has 172 valence electrons. The highest BCUT2D eigenvalue weighted by Crippen LogP contribution is 2.22. The fraction of sp³-hybridized carbons (Fsp3) is 0.520. The zero-order valence-corrected chi connectivity index (χ0v) is 18.5. The number of phenols is 3. The molecule has 0 aromatic heterocycles. The van der Waals surface area contributed by atoms with Crippen LogP contribution in [0.1, 0.15) is 61.3 Å². The van der Waals surface area contributed by atoms with Gasteiger partial charge in [-0.25, -0.2) is 0 Å². The summed E-state index contributed by atoms with van der Waals surface area (Å²) in [7, 11) is 0. The SMILES string of the molecule is Cc1cc(C(O)CNCCCCCCOCCCCc2cc(O)cc(O)c2)ccc1O. The number of ether oxygens (including phenoxy) is 1. The number of unbranched alkanes of at least 4 members (excludes halogenated alkanes) is 4. The molecule has 0 fully saturated rings. The maximum absolute atomic E-state index is 10.2. The summed E-state index contributed by atoms with van der Waals surface area (Å²) in [5.41, 5.74) is 2.53. The fourth-order valence-corrected chi connectivity index (χ4v) is 3.49. The zero-order valence-electron chi connectivity index (χ0n) is 18.5. The van der Waals surface area contributed by atoms with Gasteiger partial charge in [-0.15, -0.1) is 0 Å². The molecule has 0 aliphatic carbocycles. The van der Waals surface area contributed by atoms with Gasteiger partial charge in [0.1, 0.15) is 17.2 Å². The maximum Gasteiger partial charge on any atom is 0.119 e. The Hall–Kier alpha value is -2.28. The normalized spacial score (nSPS) is 12.2. The molecule has 5 N–H and O–H groups in total. The fourth-order valence-electron chi connectivity index (χ4n) is 3.49. The van der Waals surface area contributed by atoms with Crippen molar-refractivity contribution < 1.29 is 25.2 Å². The van der Waals surface area contributed by atoms with E-state index >= 15 is 0 Å². The highest BCUT2D eigenvalue weighted by atomic mass is 16.5. The van der Waals surface area contributed by atoms with Crippen LogP contribution in [0, 0.1) is 6.92 Å². The van der Waals surface area contributed by atoms with E-state index in [-0.39, 0.29) is 17.2 Å². The first-order chi connectivity index (χ1) is 15.0. The predicted octanol–water partition coefficient (Wildman–Crippen LogP) is 4.33. The molecule has 0 bridgehead atoms. The van der Waals surface area contributed by atoms with Crippen molar-refractivity contribution in [3.8, 4) is 17.2 Å². The minimum atomic E-state index is -0.564. The molecule has 1 unspecified atom stereocenters. The van der Waals surface area contributed by atoms with E-state index in [0.717, 1.165) is 81.4 Å². The monoisotopic (exact) mass is 431 g/mol. The molecule has 0 amide bonds. The van der Waals surface area contributed by atoms with Crippen molar-refractivity contribution >= 4 is 0 Å². The Bertz CT molecular complexity index is 760. The number of phenolic OH excluding ortho intramolecular Hbond substituents is 3. The lowest BCUT2D eigenvalue weighted by atomic mass is 10.1. The Balaban J connectivity index is 1.39. The van der Waals surface area contributed by atoms with Gasteiger partial charge in [-0.3, -0.25) is 0 Å². The van der Waals surface area contributed by atoms with Crippen LogP contribution in [-0.4, -0.2) is 46.7 Å². The molecule has 2 rings (SSSR count). The number of aliphatic hydroxyl groups excluding tert-OH is 1. The summed E-state index contributed by atoms with van der Waals surface area (Å²) in [4.78, 5) is 0. The smallest absolute Gasteiger partial charge is 0.119 e. The highest BCUT2D eigenvalue weighted by molar-refractivity contribution is 5.37. The molecular weight excluding hydrogens is 394 g/mol. The second-order valence-corrected chi connectivity index (χ2v) is 8.11. The third kappa shape index (κ3) is 10.0. The predicted molar refractivity (Wildman–Crippen MR) is 123 cm³/mol. The summed E-state index contributed by atoms with van der Waals surface area (Å²) in [6.45, 7) is 4.72. The quantitative estimate of drug-likeness (QED) is 0.269. The molecular formula is C25H37NO5. The first-order valence-corrected chi connectivity index (χ1v) is 11.2. The largest absolute Gasteiger partial charge is 0.508 e. The molecule has 2 aromatic rings. The molecule has 6 heteroatoms. The van der Waals surface area contributed by atoms with Gasteiger partial charge in [-0.05, 0) is 86.5 Å². The maximum atomic E-state index is 10.2. The standard InChI is InChI=1S/C25H37NO5/c1-19-14-21(9-10-24(19)29)25(30)18-26-11-5-2-3-6-12-31-13-7-4-8-20-15-22(27)17-23(28)16-20/h9-10,14-17,25-30H,2-8,11-13,18H2,1H3. The van der Waals surface area contributed by atoms with E-state index in [1.807, 2.05) is 13.0 Å². The van der Waals surface area contributed by atoms with Gasteiger partial charge in [-0.2, -0.15) is 0 Å². The number of rotatable bonds is 15. The van der Waals surface area contributed by atoms with Crippen LogP contribution in [0.5, 0.6) is 17.2 Å². The van der Waals surface area contributed by atoms with Gasteiger partial charge in [0, 0.05) is 25.8 Å². The average Bonchev–Trinajstić information content (AvgIpc) is 2.72. The van der Waals surface area contributed by atoms with E-state index in [2.05, 4.69) is 5.32 Å². The van der Waals surface area contributed by atoms with Crippen LogP contribution in [0.25, 0.3) is 0 Å². The van der Waals surface area contributed by atoms with Crippen LogP contribution in [0.15, 0.2) is 36.4 Å². The first kappa shape index (κ1) is 25.0. The topological polar surface area (TPSA) is 102 Å². The van der Waals surface area contributed by atoms with E-state index < -0.39 is 6.10 Å². The summed E-state index contributed by atoms with van der Waals surface area (Å²) >= 11 is 0. The lowest BCUT2D eigenvalue weighted by Gasteiger charge is -2.13. The van der Waals surface area contributed by atoms with Crippen molar-refractivity contribution in [1.29, 1.82) is 0 Å². The summed E-state index contributed by atoms with van der Waals surface area (Å²) < 4.78 is 5.68. The summed E-state index contributed by atoms with van der Waals surface area (Å²) in [6.07, 6.45) is 6.56. The number of aliphatic hydroxyl groups is 1. The van der Waals surface area contributed by atoms with E-state index in [4.69, 9.17) is 4.74 Å². The second kappa shape index (κ2) is 13.9. The average molecular weight is 432 g/mol. The molecule has 1 atom stereocenters. The second-order valence-electron chi connectivity index (χ2n) is 8.11. The van der Waals surface area contributed by atoms with Gasteiger partial charge in [0.15, 0.2) is 0 Å². The van der Waals surface area contributed by atoms with Gasteiger partial charge in [0.25, 0.3) is 0 Å². The molecule has 0 radical (unpaired) electrons. The number of nitrogens with one attached hydrogen (secondary N) is 1. The molecule has 31 heavy (non-hydrogen) atoms. The first-order valence-electron chi connectivity index (χ1n) is 11.2. The summed E-state index contributed by atoms with van der Waals surface area (Å²) in [6, 6.07) is 9.90. The lowest BCUT2D eigenvalue weighted by molar-refractivity contribution is 0.126. The van der Waals surface area contributed by atoms with Crippen molar-refractivity contribution in [2.75, 3.05) is 26.3 Å². The summed E-state index contributed by atoms with van der Waals surface area (Å²) in [5.74, 6) is 0.456. The Morgan fingerprint density at radius 1 is 0.839 bits per heavy atom. The van der Waals surface area contributed by atoms with Gasteiger partial charge in [-0.1, -0.05) is 18.9 Å². The minimum absolute atomic E-state index is 0.102. The van der Waals surface area contributed by atoms with Crippen molar-refractivity contribution in [2.45, 2.75) is 58.0 Å². The molecule has 2 aromatic carbocycles. The van der Waals surface area contributed by atoms with Crippen molar-refractivity contribution in [2.24, 2.45) is 0 Å². The van der Waals surface area contributed by atoms with Gasteiger partial charge in [0.2, 0.25) is 0 Å². The van der Waals surface area contributed by atoms with Crippen LogP contribution in [0.4, 0.5) is 0 Å². The molecule has 0 spiro atoms. The van der Waals surface area contributed by atoms with Gasteiger partial charge < -0.3 is 30.5 Å². The third-order valence-corrected chi connectivity index (χ3v) is 5.30. The Morgan fingerprint density at radius 3 is 2.23 bits per heavy atom. The number of aromatic hydroxyl groups is 3. The zero-order chi connectivity index (χ0) is 22.5. The van der Waals surface area contributed by atoms with Crippen LogP contribution in [0.3, 0.4) is 0 Å². The van der Waals surface area contributed by atoms with Crippen LogP contribution >= 0.6 is 0 Å². The number of hydrogen-bond donors (Lipinski definition) is 5. The van der Waals surface area contributed by atoms with Gasteiger partial charge >= 0.3 is 0 Å². The Kier molecular flexibility index (Phi) is 11.2. The van der Waals surface area contributed by atoms with E-state index in [0.29, 0.717) is 6.54 Å². The lowest BCUT2D eigenvalue weighted by Crippen LogP contribution is -2.22. The number of benzene rings is 2. The Morgan fingerprint density at radius 2 is 1.52 bits per heavy atom. The number of hydrogen-bond acceptors (Lipinski definition) is 6. The van der Waals surface area contributed by atoms with E-state index in [9.17, 15) is 20.4 Å². The molecule has 0 aliphatic heterocycles.